The van der Waals surface area contributed by atoms with E-state index in [4.69, 9.17) is 0 Å². The predicted octanol–water partition coefficient (Wildman–Crippen LogP) is 0.356. The van der Waals surface area contributed by atoms with E-state index in [-0.39, 0.29) is 38.4 Å². The number of hydrogen-bond acceptors (Lipinski definition) is 0. The summed E-state index contributed by atoms with van der Waals surface area (Å²) in [6, 6.07) is 1.34. The van der Waals surface area contributed by atoms with Crippen molar-refractivity contribution < 1.29 is 29.6 Å². The van der Waals surface area contributed by atoms with Gasteiger partial charge in [-0.25, -0.2) is 0 Å². The second-order valence-electron chi connectivity index (χ2n) is 3.48. The zero-order valence-corrected chi connectivity index (χ0v) is 12.1. The van der Waals surface area contributed by atoms with E-state index in [9.17, 15) is 0 Å². The third-order valence-corrected chi connectivity index (χ3v) is 5.67. The zero-order valence-electron chi connectivity index (χ0n) is 9.09. The third kappa shape index (κ3) is 2.60. The summed E-state index contributed by atoms with van der Waals surface area (Å²) in [5.41, 5.74) is 0. The SMILES string of the molecule is CC[Si](C1=CC=CC1)C1=CC=CC1.[Na+]. The summed E-state index contributed by atoms with van der Waals surface area (Å²) in [4.78, 5) is 0. The van der Waals surface area contributed by atoms with Crippen LogP contribution in [0, 0.1) is 0 Å². The van der Waals surface area contributed by atoms with Crippen LogP contribution in [0.4, 0.5) is 0 Å². The van der Waals surface area contributed by atoms with Gasteiger partial charge in [-0.3, -0.25) is 0 Å². The van der Waals surface area contributed by atoms with Crippen LogP contribution < -0.4 is 29.6 Å². The Morgan fingerprint density at radius 3 is 1.86 bits per heavy atom. The molecular weight excluding hydrogens is 195 g/mol. The Morgan fingerprint density at radius 2 is 1.57 bits per heavy atom. The first-order valence-electron chi connectivity index (χ1n) is 4.99. The van der Waals surface area contributed by atoms with E-state index in [0.717, 1.165) is 0 Å². The van der Waals surface area contributed by atoms with Crippen LogP contribution in [0.1, 0.15) is 19.8 Å². The molecule has 0 fully saturated rings. The van der Waals surface area contributed by atoms with E-state index in [0.29, 0.717) is 0 Å². The first kappa shape index (κ1) is 12.2. The summed E-state index contributed by atoms with van der Waals surface area (Å²) in [5, 5.41) is 3.39. The van der Waals surface area contributed by atoms with Gasteiger partial charge in [-0.15, -0.1) is 0 Å². The average molecular weight is 210 g/mol. The topological polar surface area (TPSA) is 0 Å². The molecule has 1 radical (unpaired) electrons. The molecule has 0 nitrogen and oxygen atoms in total. The van der Waals surface area contributed by atoms with E-state index in [2.05, 4.69) is 43.4 Å². The van der Waals surface area contributed by atoms with Crippen molar-refractivity contribution in [3.63, 3.8) is 0 Å². The first-order chi connectivity index (χ1) is 6.42. The standard InChI is InChI=1S/C12H15Si.Na/c1-2-13(11-7-3-4-8-11)12-9-5-6-10-12;/h3-7,9H,2,8,10H2,1H3;/q;+1. The van der Waals surface area contributed by atoms with Gasteiger partial charge in [-0.1, -0.05) is 59.8 Å². The molecule has 0 heterocycles. The molecule has 0 aromatic heterocycles. The van der Waals surface area contributed by atoms with E-state index in [1.165, 1.54) is 18.9 Å². The van der Waals surface area contributed by atoms with Gasteiger partial charge in [0, 0.05) is 0 Å². The number of rotatable bonds is 3. The van der Waals surface area contributed by atoms with Crippen LogP contribution in [0.5, 0.6) is 0 Å². The second kappa shape index (κ2) is 5.91. The average Bonchev–Trinajstić information content (AvgIpc) is 2.76. The Hall–Kier alpha value is 0.177. The normalized spacial score (nSPS) is 18.4. The van der Waals surface area contributed by atoms with Gasteiger partial charge in [-0.05, 0) is 12.8 Å². The largest absolute Gasteiger partial charge is 1.00 e. The number of hydrogen-bond donors (Lipinski definition) is 0. The van der Waals surface area contributed by atoms with Crippen LogP contribution >= 0.6 is 0 Å². The van der Waals surface area contributed by atoms with Gasteiger partial charge in [0.15, 0.2) is 0 Å². The molecule has 0 unspecified atom stereocenters. The van der Waals surface area contributed by atoms with Gasteiger partial charge < -0.3 is 0 Å². The van der Waals surface area contributed by atoms with Gasteiger partial charge in [-0.2, -0.15) is 0 Å². The van der Waals surface area contributed by atoms with Crippen LogP contribution in [-0.4, -0.2) is 8.80 Å². The fourth-order valence-corrected chi connectivity index (χ4v) is 4.65. The van der Waals surface area contributed by atoms with Crippen molar-refractivity contribution >= 4 is 8.80 Å². The molecule has 0 atom stereocenters. The van der Waals surface area contributed by atoms with Crippen LogP contribution in [-0.2, 0) is 0 Å². The quantitative estimate of drug-likeness (QED) is 0.590. The van der Waals surface area contributed by atoms with Crippen molar-refractivity contribution in [2.45, 2.75) is 25.8 Å². The summed E-state index contributed by atoms with van der Waals surface area (Å²) in [6.45, 7) is 2.33. The Labute approximate surface area is 110 Å². The summed E-state index contributed by atoms with van der Waals surface area (Å²) in [7, 11) is -0.342. The predicted molar refractivity (Wildman–Crippen MR) is 59.9 cm³/mol. The minimum atomic E-state index is -0.342. The molecule has 0 saturated carbocycles. The fraction of sp³-hybridized carbons (Fsp3) is 0.333. The van der Waals surface area contributed by atoms with Crippen LogP contribution in [0.2, 0.25) is 6.04 Å². The molecule has 0 amide bonds. The molecule has 0 saturated heterocycles. The molecule has 67 valence electrons. The van der Waals surface area contributed by atoms with E-state index < -0.39 is 0 Å². The van der Waals surface area contributed by atoms with Crippen molar-refractivity contribution in [3.05, 3.63) is 46.8 Å². The second-order valence-corrected chi connectivity index (χ2v) is 6.43. The molecular formula is C12H15NaSi+. The molecule has 0 aromatic rings. The zero-order chi connectivity index (χ0) is 9.10. The molecule has 0 aromatic carbocycles. The Bertz CT molecular complexity index is 280. The van der Waals surface area contributed by atoms with E-state index in [1.807, 2.05) is 0 Å². The van der Waals surface area contributed by atoms with Gasteiger partial charge in [0.2, 0.25) is 0 Å². The maximum Gasteiger partial charge on any atom is 1.00 e. The van der Waals surface area contributed by atoms with Gasteiger partial charge in [0.25, 0.3) is 0 Å². The maximum absolute atomic E-state index is 2.33. The summed E-state index contributed by atoms with van der Waals surface area (Å²) < 4.78 is 0. The fourth-order valence-electron chi connectivity index (χ4n) is 2.00. The van der Waals surface area contributed by atoms with Crippen molar-refractivity contribution in [1.82, 2.24) is 0 Å². The van der Waals surface area contributed by atoms with Crippen molar-refractivity contribution in [2.75, 3.05) is 0 Å². The first-order valence-corrected chi connectivity index (χ1v) is 6.70. The molecule has 2 aliphatic rings. The molecule has 2 rings (SSSR count). The summed E-state index contributed by atoms with van der Waals surface area (Å²) in [6.07, 6.45) is 16.0. The Morgan fingerprint density at radius 1 is 1.07 bits per heavy atom. The summed E-state index contributed by atoms with van der Waals surface area (Å²) >= 11 is 0. The Balaban J connectivity index is 0.000000980. The van der Waals surface area contributed by atoms with Crippen molar-refractivity contribution in [2.24, 2.45) is 0 Å². The van der Waals surface area contributed by atoms with Crippen LogP contribution in [0.25, 0.3) is 0 Å². The van der Waals surface area contributed by atoms with Gasteiger partial charge in [0.1, 0.15) is 8.80 Å². The van der Waals surface area contributed by atoms with Gasteiger partial charge in [0.05, 0.1) is 0 Å². The molecule has 0 N–H and O–H groups in total. The molecule has 14 heavy (non-hydrogen) atoms. The summed E-state index contributed by atoms with van der Waals surface area (Å²) in [5.74, 6) is 0. The molecule has 0 bridgehead atoms. The third-order valence-electron chi connectivity index (χ3n) is 2.67. The molecule has 2 heteroatoms. The molecule has 2 aliphatic carbocycles. The van der Waals surface area contributed by atoms with Crippen LogP contribution in [0.15, 0.2) is 46.8 Å². The minimum Gasteiger partial charge on any atom is -0.0809 e. The van der Waals surface area contributed by atoms with Gasteiger partial charge >= 0.3 is 29.6 Å². The number of allylic oxidation sites excluding steroid dienone is 8. The van der Waals surface area contributed by atoms with E-state index >= 15 is 0 Å². The molecule has 0 spiro atoms. The Kier molecular flexibility index (Phi) is 5.17. The smallest absolute Gasteiger partial charge is 0.0809 e. The van der Waals surface area contributed by atoms with Crippen LogP contribution in [0.3, 0.4) is 0 Å². The monoisotopic (exact) mass is 210 g/mol. The molecule has 0 aliphatic heterocycles. The van der Waals surface area contributed by atoms with Crippen molar-refractivity contribution in [3.8, 4) is 0 Å². The van der Waals surface area contributed by atoms with E-state index in [1.54, 1.807) is 10.4 Å². The maximum atomic E-state index is 2.33. The van der Waals surface area contributed by atoms with Crippen molar-refractivity contribution in [1.29, 1.82) is 0 Å². The minimum absolute atomic E-state index is 0.